The monoisotopic (exact) mass is 209 g/mol. The molecule has 1 N–H and O–H groups in total. The van der Waals surface area contributed by atoms with E-state index in [2.05, 4.69) is 52.8 Å². The molecule has 0 aromatic heterocycles. The fourth-order valence-corrected chi connectivity index (χ4v) is 5.46. The van der Waals surface area contributed by atoms with Gasteiger partial charge in [0, 0.05) is 5.54 Å². The molecule has 1 rings (SSSR count). The van der Waals surface area contributed by atoms with E-state index in [9.17, 15) is 0 Å². The van der Waals surface area contributed by atoms with E-state index in [4.69, 9.17) is 0 Å². The molecule has 0 aliphatic heterocycles. The maximum Gasteiger partial charge on any atom is 0.130 e. The van der Waals surface area contributed by atoms with Gasteiger partial charge in [-0.2, -0.15) is 0 Å². The molecule has 0 saturated carbocycles. The maximum absolute atomic E-state index is 3.56. The molecule has 1 aliphatic carbocycles. The molecule has 0 spiro atoms. The predicted molar refractivity (Wildman–Crippen MR) is 67.0 cm³/mol. The molecule has 0 heterocycles. The molecule has 1 aliphatic rings. The first-order chi connectivity index (χ1) is 6.33. The number of allylic oxidation sites excluding steroid dienone is 4. The molecule has 0 aromatic carbocycles. The van der Waals surface area contributed by atoms with Gasteiger partial charge in [0.05, 0.1) is 0 Å². The quantitative estimate of drug-likeness (QED) is 0.687. The predicted octanol–water partition coefficient (Wildman–Crippen LogP) is 3.47. The molecule has 1 nitrogen and oxygen atoms in total. The Morgan fingerprint density at radius 1 is 0.929 bits per heavy atom. The lowest BCUT2D eigenvalue weighted by Gasteiger charge is -2.31. The topological polar surface area (TPSA) is 12.0 Å². The van der Waals surface area contributed by atoms with Crippen LogP contribution in [-0.2, 0) is 0 Å². The molecule has 0 radical (unpaired) electrons. The highest BCUT2D eigenvalue weighted by molar-refractivity contribution is 6.77. The summed E-state index contributed by atoms with van der Waals surface area (Å²) in [6.45, 7) is 13.9. The second kappa shape index (κ2) is 3.67. The van der Waals surface area contributed by atoms with E-state index in [1.54, 1.807) is 11.1 Å². The Balaban J connectivity index is 3.16. The van der Waals surface area contributed by atoms with Crippen LogP contribution in [-0.4, -0.2) is 15.3 Å². The van der Waals surface area contributed by atoms with Gasteiger partial charge < -0.3 is 4.98 Å². The smallest absolute Gasteiger partial charge is 0.130 e. The van der Waals surface area contributed by atoms with Crippen molar-refractivity contribution in [1.82, 2.24) is 4.98 Å². The van der Waals surface area contributed by atoms with Crippen molar-refractivity contribution < 1.29 is 0 Å². The van der Waals surface area contributed by atoms with Crippen LogP contribution < -0.4 is 4.98 Å². The Morgan fingerprint density at radius 2 is 1.29 bits per heavy atom. The minimum atomic E-state index is -1.32. The molecule has 80 valence electrons. The standard InChI is InChI=1S/C12H23NSi/c1-8-9(2)11(4)12(10(8)3)14(6,7)13-5/h12-13H,1-7H3. The van der Waals surface area contributed by atoms with Gasteiger partial charge in [0.1, 0.15) is 8.24 Å². The summed E-state index contributed by atoms with van der Waals surface area (Å²) in [7, 11) is 0.787. The molecule has 0 fully saturated rings. The Kier molecular flexibility index (Phi) is 3.07. The van der Waals surface area contributed by atoms with E-state index in [0.29, 0.717) is 5.54 Å². The van der Waals surface area contributed by atoms with Crippen molar-refractivity contribution in [1.29, 1.82) is 0 Å². The molecular formula is C12H23NSi. The van der Waals surface area contributed by atoms with Gasteiger partial charge in [-0.1, -0.05) is 24.2 Å². The van der Waals surface area contributed by atoms with E-state index in [-0.39, 0.29) is 0 Å². The molecule has 2 heteroatoms. The Bertz CT molecular complexity index is 286. The zero-order chi connectivity index (χ0) is 11.1. The highest BCUT2D eigenvalue weighted by Crippen LogP contribution is 2.45. The summed E-state index contributed by atoms with van der Waals surface area (Å²) in [5, 5.41) is 0. The van der Waals surface area contributed by atoms with E-state index < -0.39 is 8.24 Å². The average molecular weight is 209 g/mol. The van der Waals surface area contributed by atoms with Crippen molar-refractivity contribution in [2.75, 3.05) is 7.05 Å². The van der Waals surface area contributed by atoms with Crippen molar-refractivity contribution in [3.63, 3.8) is 0 Å². The average Bonchev–Trinajstić information content (AvgIpc) is 2.31. The van der Waals surface area contributed by atoms with Gasteiger partial charge in [-0.05, 0) is 45.9 Å². The van der Waals surface area contributed by atoms with Crippen LogP contribution in [0.15, 0.2) is 22.3 Å². The molecule has 0 saturated heterocycles. The lowest BCUT2D eigenvalue weighted by Crippen LogP contribution is -2.47. The van der Waals surface area contributed by atoms with Crippen molar-refractivity contribution in [3.05, 3.63) is 22.3 Å². The number of hydrogen-bond acceptors (Lipinski definition) is 1. The molecule has 14 heavy (non-hydrogen) atoms. The highest BCUT2D eigenvalue weighted by Gasteiger charge is 2.37. The SMILES string of the molecule is CN[Si](C)(C)C1C(C)=C(C)C(C)=C1C. The Labute approximate surface area is 89.4 Å². The molecule has 0 atom stereocenters. The zero-order valence-electron chi connectivity index (χ0n) is 10.6. The summed E-state index contributed by atoms with van der Waals surface area (Å²) in [6.07, 6.45) is 0. The normalized spacial score (nSPS) is 19.9. The largest absolute Gasteiger partial charge is 0.340 e. The summed E-state index contributed by atoms with van der Waals surface area (Å²) in [5.41, 5.74) is 6.91. The maximum atomic E-state index is 3.56. The minimum absolute atomic E-state index is 0.701. The number of hydrogen-bond donors (Lipinski definition) is 1. The van der Waals surface area contributed by atoms with Gasteiger partial charge in [-0.15, -0.1) is 0 Å². The van der Waals surface area contributed by atoms with Gasteiger partial charge >= 0.3 is 0 Å². The van der Waals surface area contributed by atoms with Gasteiger partial charge in [0.2, 0.25) is 0 Å². The van der Waals surface area contributed by atoms with E-state index in [0.717, 1.165) is 0 Å². The van der Waals surface area contributed by atoms with Crippen molar-refractivity contribution in [2.45, 2.75) is 46.3 Å². The minimum Gasteiger partial charge on any atom is -0.340 e. The Hall–Kier alpha value is -0.343. The van der Waals surface area contributed by atoms with Crippen LogP contribution in [0.2, 0.25) is 18.6 Å². The van der Waals surface area contributed by atoms with E-state index in [1.807, 2.05) is 0 Å². The van der Waals surface area contributed by atoms with Crippen LogP contribution in [0.25, 0.3) is 0 Å². The van der Waals surface area contributed by atoms with Gasteiger partial charge in [0.25, 0.3) is 0 Å². The number of rotatable bonds is 2. The third-order valence-electron chi connectivity index (χ3n) is 3.98. The van der Waals surface area contributed by atoms with E-state index in [1.165, 1.54) is 11.1 Å². The number of nitrogens with one attached hydrogen (secondary N) is 1. The van der Waals surface area contributed by atoms with Crippen LogP contribution >= 0.6 is 0 Å². The third-order valence-corrected chi connectivity index (χ3v) is 7.58. The van der Waals surface area contributed by atoms with Crippen LogP contribution in [0, 0.1) is 0 Å². The van der Waals surface area contributed by atoms with Crippen LogP contribution in [0.1, 0.15) is 27.7 Å². The molecule has 0 bridgehead atoms. The van der Waals surface area contributed by atoms with Gasteiger partial charge in [0.15, 0.2) is 0 Å². The van der Waals surface area contributed by atoms with Crippen molar-refractivity contribution >= 4 is 8.24 Å². The first-order valence-electron chi connectivity index (χ1n) is 5.37. The third kappa shape index (κ3) is 1.61. The first kappa shape index (κ1) is 11.7. The molecule has 0 unspecified atom stereocenters. The summed E-state index contributed by atoms with van der Waals surface area (Å²) in [5.74, 6) is 0. The lowest BCUT2D eigenvalue weighted by atomic mass is 10.1. The lowest BCUT2D eigenvalue weighted by molar-refractivity contribution is 0.994. The fraction of sp³-hybridized carbons (Fsp3) is 0.667. The summed E-state index contributed by atoms with van der Waals surface area (Å²) >= 11 is 0. The summed E-state index contributed by atoms with van der Waals surface area (Å²) in [4.78, 5) is 3.56. The fourth-order valence-electron chi connectivity index (χ4n) is 2.58. The second-order valence-electron chi connectivity index (χ2n) is 5.02. The highest BCUT2D eigenvalue weighted by atomic mass is 28.3. The van der Waals surface area contributed by atoms with Crippen LogP contribution in [0.3, 0.4) is 0 Å². The molecule has 0 amide bonds. The first-order valence-corrected chi connectivity index (χ1v) is 8.44. The summed E-state index contributed by atoms with van der Waals surface area (Å²) < 4.78 is 0. The summed E-state index contributed by atoms with van der Waals surface area (Å²) in [6, 6.07) is 0. The molecular weight excluding hydrogens is 186 g/mol. The van der Waals surface area contributed by atoms with Crippen LogP contribution in [0.5, 0.6) is 0 Å². The van der Waals surface area contributed by atoms with Crippen molar-refractivity contribution in [2.24, 2.45) is 0 Å². The van der Waals surface area contributed by atoms with Gasteiger partial charge in [-0.25, -0.2) is 0 Å². The Morgan fingerprint density at radius 3 is 1.57 bits per heavy atom. The van der Waals surface area contributed by atoms with Gasteiger partial charge in [-0.3, -0.25) is 0 Å². The van der Waals surface area contributed by atoms with Crippen molar-refractivity contribution in [3.8, 4) is 0 Å². The zero-order valence-corrected chi connectivity index (χ0v) is 11.6. The molecule has 0 aromatic rings. The van der Waals surface area contributed by atoms with E-state index >= 15 is 0 Å². The van der Waals surface area contributed by atoms with Crippen LogP contribution in [0.4, 0.5) is 0 Å². The second-order valence-corrected chi connectivity index (χ2v) is 9.54.